The molecule has 1 aromatic carbocycles. The van der Waals surface area contributed by atoms with Crippen LogP contribution in [-0.4, -0.2) is 4.57 Å². The fourth-order valence-electron chi connectivity index (χ4n) is 5.31. The molecule has 4 atom stereocenters. The molecule has 5 rings (SSSR count). The molecule has 0 bridgehead atoms. The van der Waals surface area contributed by atoms with Gasteiger partial charge in [-0.3, -0.25) is 0 Å². The van der Waals surface area contributed by atoms with Gasteiger partial charge < -0.3 is 4.57 Å². The lowest BCUT2D eigenvalue weighted by molar-refractivity contribution is 0.426. The number of allylic oxidation sites excluding steroid dienone is 3. The zero-order valence-electron chi connectivity index (χ0n) is 12.3. The van der Waals surface area contributed by atoms with E-state index in [0.29, 0.717) is 5.92 Å². The number of nitrogens with zero attached hydrogens (tertiary/aromatic N) is 1. The van der Waals surface area contributed by atoms with Gasteiger partial charge in [0, 0.05) is 29.1 Å². The van der Waals surface area contributed by atoms with Gasteiger partial charge in [0.2, 0.25) is 0 Å². The van der Waals surface area contributed by atoms with Crippen LogP contribution in [0.5, 0.6) is 0 Å². The maximum absolute atomic E-state index is 4.11. The first-order valence-electron chi connectivity index (χ1n) is 8.27. The first-order chi connectivity index (χ1) is 10.4. The molecule has 2 heterocycles. The summed E-state index contributed by atoms with van der Waals surface area (Å²) in [4.78, 5) is 0. The highest BCUT2D eigenvalue weighted by molar-refractivity contribution is 5.86. The highest BCUT2D eigenvalue weighted by Gasteiger charge is 2.48. The number of benzene rings is 1. The van der Waals surface area contributed by atoms with Crippen LogP contribution in [0, 0.1) is 17.8 Å². The number of hydrogen-bond donors (Lipinski definition) is 0. The molecule has 0 unspecified atom stereocenters. The van der Waals surface area contributed by atoms with Gasteiger partial charge in [0.05, 0.1) is 0 Å². The van der Waals surface area contributed by atoms with Crippen LogP contribution >= 0.6 is 0 Å². The summed E-state index contributed by atoms with van der Waals surface area (Å²) in [6, 6.07) is 9.02. The third-order valence-corrected chi connectivity index (χ3v) is 6.10. The van der Waals surface area contributed by atoms with Gasteiger partial charge in [0.15, 0.2) is 0 Å². The molecular formula is C20H21N. The normalized spacial score (nSPS) is 34.5. The quantitative estimate of drug-likeness (QED) is 0.666. The molecule has 1 aliphatic heterocycles. The molecule has 21 heavy (non-hydrogen) atoms. The predicted molar refractivity (Wildman–Crippen MR) is 87.4 cm³/mol. The van der Waals surface area contributed by atoms with Gasteiger partial charge in [-0.2, -0.15) is 0 Å². The molecular weight excluding hydrogens is 254 g/mol. The Hall–Kier alpha value is -1.76. The molecule has 0 spiro atoms. The van der Waals surface area contributed by atoms with Crippen molar-refractivity contribution in [2.75, 3.05) is 0 Å². The smallest absolute Gasteiger partial charge is 0.0485 e. The molecule has 0 amide bonds. The predicted octanol–water partition coefficient (Wildman–Crippen LogP) is 4.68. The monoisotopic (exact) mass is 275 g/mol. The van der Waals surface area contributed by atoms with Crippen LogP contribution in [-0.2, 0) is 13.0 Å². The van der Waals surface area contributed by atoms with Gasteiger partial charge in [-0.25, -0.2) is 0 Å². The van der Waals surface area contributed by atoms with Crippen molar-refractivity contribution in [1.82, 2.24) is 4.57 Å². The van der Waals surface area contributed by atoms with Gasteiger partial charge >= 0.3 is 0 Å². The Morgan fingerprint density at radius 1 is 1.24 bits per heavy atom. The fourth-order valence-corrected chi connectivity index (χ4v) is 5.31. The van der Waals surface area contributed by atoms with Crippen LogP contribution in [0.4, 0.5) is 0 Å². The van der Waals surface area contributed by atoms with Crippen LogP contribution in [0.15, 0.2) is 49.1 Å². The second kappa shape index (κ2) is 4.13. The van der Waals surface area contributed by atoms with E-state index in [1.807, 2.05) is 0 Å². The summed E-state index contributed by atoms with van der Waals surface area (Å²) < 4.78 is 2.64. The average Bonchev–Trinajstić information content (AvgIpc) is 3.09. The Balaban J connectivity index is 1.81. The maximum Gasteiger partial charge on any atom is 0.0485 e. The summed E-state index contributed by atoms with van der Waals surface area (Å²) in [7, 11) is 0. The summed E-state index contributed by atoms with van der Waals surface area (Å²) in [5.74, 6) is 2.94. The molecule has 1 heteroatoms. The van der Waals surface area contributed by atoms with E-state index in [4.69, 9.17) is 0 Å². The van der Waals surface area contributed by atoms with Crippen LogP contribution in [0.2, 0.25) is 0 Å². The van der Waals surface area contributed by atoms with E-state index in [1.165, 1.54) is 23.7 Å². The van der Waals surface area contributed by atoms with Crippen LogP contribution in [0.3, 0.4) is 0 Å². The molecule has 106 valence electrons. The van der Waals surface area contributed by atoms with Crippen molar-refractivity contribution >= 4 is 10.9 Å². The summed E-state index contributed by atoms with van der Waals surface area (Å²) in [6.45, 7) is 5.25. The molecule has 1 saturated carbocycles. The van der Waals surface area contributed by atoms with Crippen molar-refractivity contribution in [2.24, 2.45) is 17.8 Å². The van der Waals surface area contributed by atoms with Crippen molar-refractivity contribution in [3.63, 3.8) is 0 Å². The Morgan fingerprint density at radius 3 is 3.05 bits per heavy atom. The second-order valence-electron chi connectivity index (χ2n) is 6.94. The summed E-state index contributed by atoms with van der Waals surface area (Å²) >= 11 is 0. The molecule has 0 N–H and O–H groups in total. The highest BCUT2D eigenvalue weighted by atomic mass is 15.0. The Labute approximate surface area is 126 Å². The lowest BCUT2D eigenvalue weighted by Crippen LogP contribution is -2.15. The van der Waals surface area contributed by atoms with E-state index >= 15 is 0 Å². The van der Waals surface area contributed by atoms with Crippen molar-refractivity contribution in [3.05, 3.63) is 60.3 Å². The average molecular weight is 275 g/mol. The third kappa shape index (κ3) is 1.42. The molecule has 1 aromatic heterocycles. The largest absolute Gasteiger partial charge is 0.344 e. The first-order valence-corrected chi connectivity index (χ1v) is 8.27. The minimum absolute atomic E-state index is 0.697. The molecule has 1 fully saturated rings. The number of fused-ring (bicyclic) bond motifs is 3. The lowest BCUT2D eigenvalue weighted by Gasteiger charge is -2.22. The van der Waals surface area contributed by atoms with E-state index < -0.39 is 0 Å². The Bertz CT molecular complexity index is 763. The molecule has 3 aliphatic rings. The minimum Gasteiger partial charge on any atom is -0.344 e. The Morgan fingerprint density at radius 2 is 2.14 bits per heavy atom. The second-order valence-corrected chi connectivity index (χ2v) is 6.94. The number of hydrogen-bond acceptors (Lipinski definition) is 0. The number of para-hydroxylation sites is 1. The van der Waals surface area contributed by atoms with Crippen LogP contribution in [0.25, 0.3) is 10.9 Å². The summed E-state index contributed by atoms with van der Waals surface area (Å²) in [5.41, 5.74) is 4.77. The van der Waals surface area contributed by atoms with Crippen molar-refractivity contribution in [2.45, 2.75) is 31.7 Å². The molecule has 2 aromatic rings. The lowest BCUT2D eigenvalue weighted by atomic mass is 9.88. The number of aryl methyl sites for hydroxylation is 1. The molecule has 2 aliphatic carbocycles. The van der Waals surface area contributed by atoms with E-state index in [1.54, 1.807) is 11.3 Å². The summed E-state index contributed by atoms with van der Waals surface area (Å²) in [6.07, 6.45) is 10.9. The van der Waals surface area contributed by atoms with Crippen molar-refractivity contribution in [3.8, 4) is 0 Å². The topological polar surface area (TPSA) is 4.93 Å². The van der Waals surface area contributed by atoms with E-state index in [-0.39, 0.29) is 0 Å². The van der Waals surface area contributed by atoms with Gasteiger partial charge in [-0.1, -0.05) is 36.4 Å². The van der Waals surface area contributed by atoms with Gasteiger partial charge in [0.1, 0.15) is 0 Å². The van der Waals surface area contributed by atoms with E-state index in [0.717, 1.165) is 30.7 Å². The molecule has 0 radical (unpaired) electrons. The zero-order valence-corrected chi connectivity index (χ0v) is 12.3. The van der Waals surface area contributed by atoms with Crippen LogP contribution in [0.1, 0.15) is 30.0 Å². The molecule has 0 saturated heterocycles. The highest BCUT2D eigenvalue weighted by Crippen LogP contribution is 2.57. The van der Waals surface area contributed by atoms with Crippen molar-refractivity contribution in [1.29, 1.82) is 0 Å². The zero-order chi connectivity index (χ0) is 14.0. The van der Waals surface area contributed by atoms with E-state index in [9.17, 15) is 0 Å². The van der Waals surface area contributed by atoms with Gasteiger partial charge in [0.25, 0.3) is 0 Å². The van der Waals surface area contributed by atoms with Gasteiger partial charge in [-0.05, 0) is 48.6 Å². The standard InChI is InChI=1S/C20H21N/c1-2-13-11-14-7-5-6-10-21-18-9-4-3-8-15(18)17-12-16(13)19(14)20(17)21/h2-5,7-9,13-14,16,19H,1,6,10-12H2/b7-5-/t13-,14+,16+,19-/m0/s1. The fraction of sp³-hybridized carbons (Fsp3) is 0.400. The maximum atomic E-state index is 4.11. The van der Waals surface area contributed by atoms with Crippen molar-refractivity contribution < 1.29 is 0 Å². The Kier molecular flexibility index (Phi) is 2.33. The number of rotatable bonds is 1. The van der Waals surface area contributed by atoms with Gasteiger partial charge in [-0.15, -0.1) is 6.58 Å². The van der Waals surface area contributed by atoms with Crippen LogP contribution < -0.4 is 0 Å². The minimum atomic E-state index is 0.697. The van der Waals surface area contributed by atoms with E-state index in [2.05, 4.69) is 53.6 Å². The first kappa shape index (κ1) is 11.9. The third-order valence-electron chi connectivity index (χ3n) is 6.10. The SMILES string of the molecule is C=C[C@H]1C[C@H]2/C=C\CCn3c4c(c5ccccc53)C[C@H]1[C@@H]42. The molecule has 1 nitrogen and oxygen atoms in total. The number of aromatic nitrogens is 1. The summed E-state index contributed by atoms with van der Waals surface area (Å²) in [5, 5.41) is 1.50.